The number of carbonyl (C=O) groups excluding carboxylic acids is 1. The average molecular weight is 330 g/mol. The number of amides is 2. The molecule has 5 nitrogen and oxygen atoms in total. The molecule has 2 N–H and O–H groups in total. The minimum atomic E-state index is -0.117. The Balaban J connectivity index is 1.43. The monoisotopic (exact) mass is 330 g/mol. The molecule has 1 saturated carbocycles. The molecule has 1 saturated heterocycles. The number of nitrogens with one attached hydrogen (secondary N) is 2. The smallest absolute Gasteiger partial charge is 0.315 e. The molecule has 24 heavy (non-hydrogen) atoms. The second-order valence-electron chi connectivity index (χ2n) is 7.39. The van der Waals surface area contributed by atoms with Crippen molar-refractivity contribution in [1.29, 1.82) is 0 Å². The standard InChI is InChI=1S/C19H26N2O3/c1-13(16-8-4-11-23-16)20-18(22)21-15-12-19(9-5-10-19)24-17-7-3-2-6-14(15)17/h2-3,6-7,13,15-16H,4-5,8-12H2,1H3,(H2,20,21,22). The first-order valence-electron chi connectivity index (χ1n) is 9.12. The number of ether oxygens (including phenoxy) is 2. The van der Waals surface area contributed by atoms with Gasteiger partial charge in [-0.15, -0.1) is 0 Å². The third kappa shape index (κ3) is 2.97. The van der Waals surface area contributed by atoms with Crippen LogP contribution in [0.15, 0.2) is 24.3 Å². The number of benzene rings is 1. The molecular weight excluding hydrogens is 304 g/mol. The van der Waals surface area contributed by atoms with Gasteiger partial charge in [0.15, 0.2) is 0 Å². The second kappa shape index (κ2) is 6.28. The number of urea groups is 1. The molecule has 3 unspecified atom stereocenters. The summed E-state index contributed by atoms with van der Waals surface area (Å²) in [4.78, 5) is 12.5. The lowest BCUT2D eigenvalue weighted by molar-refractivity contribution is -0.0356. The summed E-state index contributed by atoms with van der Waals surface area (Å²) in [5.41, 5.74) is 1.00. The summed E-state index contributed by atoms with van der Waals surface area (Å²) in [5.74, 6) is 0.918. The van der Waals surface area contributed by atoms with E-state index in [-0.39, 0.29) is 29.8 Å². The molecule has 1 aliphatic carbocycles. The quantitative estimate of drug-likeness (QED) is 0.894. The van der Waals surface area contributed by atoms with E-state index in [2.05, 4.69) is 16.7 Å². The Morgan fingerprint density at radius 1 is 1.29 bits per heavy atom. The maximum atomic E-state index is 12.5. The van der Waals surface area contributed by atoms with E-state index in [0.717, 1.165) is 50.0 Å². The number of para-hydroxylation sites is 1. The first-order valence-corrected chi connectivity index (χ1v) is 9.12. The van der Waals surface area contributed by atoms with E-state index in [9.17, 15) is 4.79 Å². The van der Waals surface area contributed by atoms with Gasteiger partial charge in [-0.1, -0.05) is 18.2 Å². The molecule has 0 radical (unpaired) electrons. The predicted octanol–water partition coefficient (Wildman–Crippen LogP) is 3.30. The Morgan fingerprint density at radius 2 is 2.12 bits per heavy atom. The molecule has 1 aromatic carbocycles. The van der Waals surface area contributed by atoms with Gasteiger partial charge in [-0.05, 0) is 45.1 Å². The van der Waals surface area contributed by atoms with Crippen molar-refractivity contribution in [2.75, 3.05) is 6.61 Å². The van der Waals surface area contributed by atoms with E-state index in [1.165, 1.54) is 6.42 Å². The molecule has 130 valence electrons. The fourth-order valence-corrected chi connectivity index (χ4v) is 4.12. The molecule has 1 spiro atoms. The lowest BCUT2D eigenvalue weighted by Gasteiger charge is -2.48. The Morgan fingerprint density at radius 3 is 2.83 bits per heavy atom. The predicted molar refractivity (Wildman–Crippen MR) is 91.1 cm³/mol. The molecule has 3 aliphatic rings. The van der Waals surface area contributed by atoms with E-state index in [0.29, 0.717) is 0 Å². The summed E-state index contributed by atoms with van der Waals surface area (Å²) >= 11 is 0. The zero-order valence-electron chi connectivity index (χ0n) is 14.2. The van der Waals surface area contributed by atoms with Crippen LogP contribution in [0.5, 0.6) is 5.75 Å². The summed E-state index contributed by atoms with van der Waals surface area (Å²) in [6, 6.07) is 7.97. The Bertz CT molecular complexity index is 608. The van der Waals surface area contributed by atoms with Crippen LogP contribution in [0.25, 0.3) is 0 Å². The third-order valence-corrected chi connectivity index (χ3v) is 5.65. The Kier molecular flexibility index (Phi) is 4.12. The van der Waals surface area contributed by atoms with E-state index in [4.69, 9.17) is 9.47 Å². The molecule has 5 heteroatoms. The Labute approximate surface area is 143 Å². The number of rotatable bonds is 3. The van der Waals surface area contributed by atoms with Crippen LogP contribution in [0.2, 0.25) is 0 Å². The minimum Gasteiger partial charge on any atom is -0.487 e. The minimum absolute atomic E-state index is 0.00643. The zero-order chi connectivity index (χ0) is 16.6. The highest BCUT2D eigenvalue weighted by Gasteiger charge is 2.45. The third-order valence-electron chi connectivity index (χ3n) is 5.65. The van der Waals surface area contributed by atoms with Gasteiger partial charge in [0.25, 0.3) is 0 Å². The van der Waals surface area contributed by atoms with Gasteiger partial charge in [-0.3, -0.25) is 0 Å². The van der Waals surface area contributed by atoms with Crippen LogP contribution in [0.4, 0.5) is 4.79 Å². The zero-order valence-corrected chi connectivity index (χ0v) is 14.2. The SMILES string of the molecule is CC(NC(=O)NC1CC2(CCC2)Oc2ccccc21)C1CCCO1. The van der Waals surface area contributed by atoms with Crippen molar-refractivity contribution < 1.29 is 14.3 Å². The van der Waals surface area contributed by atoms with Crippen molar-refractivity contribution >= 4 is 6.03 Å². The lowest BCUT2D eigenvalue weighted by atomic mass is 9.73. The number of carbonyl (C=O) groups is 1. The summed E-state index contributed by atoms with van der Waals surface area (Å²) in [7, 11) is 0. The molecule has 0 bridgehead atoms. The second-order valence-corrected chi connectivity index (χ2v) is 7.39. The van der Waals surface area contributed by atoms with Crippen LogP contribution in [0.3, 0.4) is 0 Å². The van der Waals surface area contributed by atoms with E-state index in [1.807, 2.05) is 25.1 Å². The van der Waals surface area contributed by atoms with Crippen LogP contribution in [-0.2, 0) is 4.74 Å². The van der Waals surface area contributed by atoms with Crippen LogP contribution in [0.1, 0.15) is 57.1 Å². The van der Waals surface area contributed by atoms with Gasteiger partial charge < -0.3 is 20.1 Å². The topological polar surface area (TPSA) is 59.6 Å². The first-order chi connectivity index (χ1) is 11.7. The van der Waals surface area contributed by atoms with Gasteiger partial charge in [-0.25, -0.2) is 4.79 Å². The van der Waals surface area contributed by atoms with Gasteiger partial charge in [-0.2, -0.15) is 0 Å². The van der Waals surface area contributed by atoms with Gasteiger partial charge in [0.1, 0.15) is 11.4 Å². The summed E-state index contributed by atoms with van der Waals surface area (Å²) in [6.07, 6.45) is 6.44. The summed E-state index contributed by atoms with van der Waals surface area (Å²) < 4.78 is 11.9. The van der Waals surface area contributed by atoms with Crippen molar-refractivity contribution in [3.8, 4) is 5.75 Å². The van der Waals surface area contributed by atoms with Gasteiger partial charge in [0.2, 0.25) is 0 Å². The highest BCUT2D eigenvalue weighted by atomic mass is 16.5. The van der Waals surface area contributed by atoms with Crippen molar-refractivity contribution in [3.63, 3.8) is 0 Å². The molecule has 2 aliphatic heterocycles. The van der Waals surface area contributed by atoms with Crippen molar-refractivity contribution in [2.24, 2.45) is 0 Å². The average Bonchev–Trinajstić information content (AvgIpc) is 3.07. The summed E-state index contributed by atoms with van der Waals surface area (Å²) in [5, 5.41) is 6.21. The van der Waals surface area contributed by atoms with E-state index < -0.39 is 0 Å². The van der Waals surface area contributed by atoms with Crippen LogP contribution in [-0.4, -0.2) is 30.4 Å². The van der Waals surface area contributed by atoms with Crippen LogP contribution < -0.4 is 15.4 Å². The normalized spacial score (nSPS) is 28.4. The van der Waals surface area contributed by atoms with Gasteiger partial charge in [0, 0.05) is 18.6 Å². The Hall–Kier alpha value is -1.75. The first kappa shape index (κ1) is 15.8. The maximum Gasteiger partial charge on any atom is 0.315 e. The highest BCUT2D eigenvalue weighted by molar-refractivity contribution is 5.75. The lowest BCUT2D eigenvalue weighted by Crippen LogP contribution is -2.52. The number of fused-ring (bicyclic) bond motifs is 1. The van der Waals surface area contributed by atoms with Gasteiger partial charge in [0.05, 0.1) is 18.2 Å². The molecular formula is C19H26N2O3. The van der Waals surface area contributed by atoms with Crippen molar-refractivity contribution in [3.05, 3.63) is 29.8 Å². The summed E-state index contributed by atoms with van der Waals surface area (Å²) in [6.45, 7) is 2.81. The van der Waals surface area contributed by atoms with Crippen molar-refractivity contribution in [2.45, 2.75) is 69.2 Å². The molecule has 3 atom stereocenters. The number of hydrogen-bond acceptors (Lipinski definition) is 3. The molecule has 1 aromatic rings. The molecule has 2 heterocycles. The highest BCUT2D eigenvalue weighted by Crippen LogP contribution is 2.48. The van der Waals surface area contributed by atoms with Crippen LogP contribution in [0, 0.1) is 0 Å². The molecule has 4 rings (SSSR count). The molecule has 0 aromatic heterocycles. The fraction of sp³-hybridized carbons (Fsp3) is 0.632. The largest absolute Gasteiger partial charge is 0.487 e. The maximum absolute atomic E-state index is 12.5. The fourth-order valence-electron chi connectivity index (χ4n) is 4.12. The van der Waals surface area contributed by atoms with Gasteiger partial charge >= 0.3 is 6.03 Å². The van der Waals surface area contributed by atoms with E-state index in [1.54, 1.807) is 0 Å². The molecule has 2 fully saturated rings. The van der Waals surface area contributed by atoms with Crippen LogP contribution >= 0.6 is 0 Å². The molecule has 2 amide bonds. The van der Waals surface area contributed by atoms with E-state index >= 15 is 0 Å². The van der Waals surface area contributed by atoms with Crippen molar-refractivity contribution in [1.82, 2.24) is 10.6 Å². The number of hydrogen-bond donors (Lipinski definition) is 2.